The zero-order valence-electron chi connectivity index (χ0n) is 15.4. The lowest BCUT2D eigenvalue weighted by Gasteiger charge is -2.28. The fourth-order valence-electron chi connectivity index (χ4n) is 2.78. The number of nitro groups is 1. The lowest BCUT2D eigenvalue weighted by atomic mass is 9.93. The van der Waals surface area contributed by atoms with Crippen molar-refractivity contribution in [2.45, 2.75) is 70.7 Å². The van der Waals surface area contributed by atoms with Gasteiger partial charge in [0.25, 0.3) is 5.69 Å². The Morgan fingerprint density at radius 2 is 1.92 bits per heavy atom. The molecule has 0 saturated heterocycles. The zero-order valence-corrected chi connectivity index (χ0v) is 17.7. The number of hydrogen-bond acceptors (Lipinski definition) is 4. The predicted octanol–water partition coefficient (Wildman–Crippen LogP) is 3.35. The van der Waals surface area contributed by atoms with Crippen molar-refractivity contribution in [3.8, 4) is 0 Å². The Balaban J connectivity index is 0.00000338. The Labute approximate surface area is 171 Å². The van der Waals surface area contributed by atoms with Crippen molar-refractivity contribution in [2.75, 3.05) is 0 Å². The van der Waals surface area contributed by atoms with Crippen LogP contribution in [0, 0.1) is 10.1 Å². The summed E-state index contributed by atoms with van der Waals surface area (Å²) >= 11 is 0. The van der Waals surface area contributed by atoms with Crippen molar-refractivity contribution in [1.82, 2.24) is 10.6 Å². The first kappa shape index (κ1) is 22.6. The molecule has 0 bridgehead atoms. The van der Waals surface area contributed by atoms with Gasteiger partial charge in [-0.05, 0) is 44.6 Å². The molecule has 1 fully saturated rings. The number of nitro benzene ring substituents is 1. The summed E-state index contributed by atoms with van der Waals surface area (Å²) in [5, 5.41) is 27.2. The van der Waals surface area contributed by atoms with Crippen molar-refractivity contribution in [2.24, 2.45) is 4.99 Å². The quantitative estimate of drug-likeness (QED) is 0.192. The first-order valence-corrected chi connectivity index (χ1v) is 8.96. The Kier molecular flexibility index (Phi) is 9.85. The molecule has 0 spiro atoms. The molecular formula is C18H29IN4O3. The fourth-order valence-corrected chi connectivity index (χ4v) is 2.78. The minimum absolute atomic E-state index is 0. The normalized spacial score (nSPS) is 21.4. The molecule has 1 unspecified atom stereocenters. The van der Waals surface area contributed by atoms with Crippen LogP contribution >= 0.6 is 24.0 Å². The van der Waals surface area contributed by atoms with Crippen LogP contribution in [0.15, 0.2) is 29.3 Å². The number of halogens is 1. The van der Waals surface area contributed by atoms with Crippen LogP contribution in [0.2, 0.25) is 0 Å². The number of rotatable bonds is 6. The Bertz CT molecular complexity index is 587. The number of benzene rings is 1. The van der Waals surface area contributed by atoms with E-state index >= 15 is 0 Å². The van der Waals surface area contributed by atoms with Crippen molar-refractivity contribution >= 4 is 35.6 Å². The largest absolute Gasteiger partial charge is 0.393 e. The van der Waals surface area contributed by atoms with Gasteiger partial charge in [-0.2, -0.15) is 0 Å². The third-order valence-electron chi connectivity index (χ3n) is 4.60. The Morgan fingerprint density at radius 1 is 1.31 bits per heavy atom. The number of aliphatic hydroxyl groups excluding tert-OH is 1. The number of non-ortho nitro benzene ring substituents is 1. The molecule has 2 rings (SSSR count). The summed E-state index contributed by atoms with van der Waals surface area (Å²) in [4.78, 5) is 14.9. The van der Waals surface area contributed by atoms with E-state index in [4.69, 9.17) is 0 Å². The second-order valence-corrected chi connectivity index (χ2v) is 6.69. The summed E-state index contributed by atoms with van der Waals surface area (Å²) < 4.78 is 0. The van der Waals surface area contributed by atoms with Crippen molar-refractivity contribution in [3.05, 3.63) is 39.9 Å². The van der Waals surface area contributed by atoms with Gasteiger partial charge in [-0.25, -0.2) is 4.99 Å². The average Bonchev–Trinajstić information content (AvgIpc) is 2.61. The molecule has 1 aromatic rings. The molecule has 26 heavy (non-hydrogen) atoms. The van der Waals surface area contributed by atoms with E-state index in [0.717, 1.165) is 43.6 Å². The summed E-state index contributed by atoms with van der Waals surface area (Å²) in [6.45, 7) is 4.68. The number of aliphatic hydroxyl groups is 1. The smallest absolute Gasteiger partial charge is 0.269 e. The van der Waals surface area contributed by atoms with Gasteiger partial charge in [0.1, 0.15) is 0 Å². The fraction of sp³-hybridized carbons (Fsp3) is 0.611. The van der Waals surface area contributed by atoms with Gasteiger partial charge in [-0.1, -0.05) is 19.1 Å². The molecule has 7 nitrogen and oxygen atoms in total. The monoisotopic (exact) mass is 476 g/mol. The van der Waals surface area contributed by atoms with E-state index in [1.165, 1.54) is 12.1 Å². The van der Waals surface area contributed by atoms with Gasteiger partial charge in [0, 0.05) is 24.2 Å². The first-order chi connectivity index (χ1) is 12.0. The summed E-state index contributed by atoms with van der Waals surface area (Å²) in [6, 6.07) is 7.09. The highest BCUT2D eigenvalue weighted by Crippen LogP contribution is 2.18. The van der Waals surface area contributed by atoms with Crippen LogP contribution in [0.25, 0.3) is 0 Å². The number of nitrogens with one attached hydrogen (secondary N) is 2. The molecule has 1 aliphatic carbocycles. The van der Waals surface area contributed by atoms with Crippen molar-refractivity contribution < 1.29 is 10.0 Å². The van der Waals surface area contributed by atoms with E-state index in [1.54, 1.807) is 12.1 Å². The third kappa shape index (κ3) is 7.45. The molecule has 0 heterocycles. The van der Waals surface area contributed by atoms with Crippen LogP contribution < -0.4 is 10.6 Å². The molecule has 0 amide bonds. The van der Waals surface area contributed by atoms with E-state index in [0.29, 0.717) is 18.6 Å². The topological polar surface area (TPSA) is 99.8 Å². The molecule has 0 aromatic heterocycles. The van der Waals surface area contributed by atoms with Crippen LogP contribution in [0.1, 0.15) is 51.5 Å². The second-order valence-electron chi connectivity index (χ2n) is 6.69. The number of nitrogens with zero attached hydrogens (tertiary/aromatic N) is 2. The highest BCUT2D eigenvalue weighted by molar-refractivity contribution is 14.0. The van der Waals surface area contributed by atoms with Crippen LogP contribution in [-0.2, 0) is 6.54 Å². The standard InChI is InChI=1S/C18H28N4O3.HI/c1-3-13(2)20-18(21-15-6-10-17(23)11-7-15)19-12-14-4-8-16(9-5-14)22(24)25;/h4-5,8-9,13,15,17,23H,3,6-7,10-12H2,1-2H3,(H2,19,20,21);1H. The lowest BCUT2D eigenvalue weighted by molar-refractivity contribution is -0.384. The first-order valence-electron chi connectivity index (χ1n) is 8.96. The van der Waals surface area contributed by atoms with Crippen LogP contribution in [0.4, 0.5) is 5.69 Å². The summed E-state index contributed by atoms with van der Waals surface area (Å²) in [7, 11) is 0. The second kappa shape index (κ2) is 11.3. The Morgan fingerprint density at radius 3 is 2.46 bits per heavy atom. The summed E-state index contributed by atoms with van der Waals surface area (Å²) in [5.74, 6) is 0.758. The average molecular weight is 476 g/mol. The third-order valence-corrected chi connectivity index (χ3v) is 4.60. The molecule has 0 radical (unpaired) electrons. The molecule has 1 aromatic carbocycles. The molecule has 1 saturated carbocycles. The van der Waals surface area contributed by atoms with E-state index in [2.05, 4.69) is 29.5 Å². The maximum atomic E-state index is 10.7. The van der Waals surface area contributed by atoms with Gasteiger partial charge in [0.15, 0.2) is 5.96 Å². The van der Waals surface area contributed by atoms with Crippen molar-refractivity contribution in [1.29, 1.82) is 0 Å². The maximum absolute atomic E-state index is 10.7. The van der Waals surface area contributed by atoms with Gasteiger partial charge in [-0.3, -0.25) is 10.1 Å². The molecule has 0 aliphatic heterocycles. The van der Waals surface area contributed by atoms with Crippen molar-refractivity contribution in [3.63, 3.8) is 0 Å². The Hall–Kier alpha value is -1.42. The van der Waals surface area contributed by atoms with Crippen LogP contribution in [0.3, 0.4) is 0 Å². The van der Waals surface area contributed by atoms with Gasteiger partial charge in [0.2, 0.25) is 0 Å². The van der Waals surface area contributed by atoms with Gasteiger partial charge >= 0.3 is 0 Å². The van der Waals surface area contributed by atoms with Gasteiger partial charge < -0.3 is 15.7 Å². The summed E-state index contributed by atoms with van der Waals surface area (Å²) in [5.41, 5.74) is 1.01. The molecule has 1 aliphatic rings. The van der Waals surface area contributed by atoms with Gasteiger partial charge in [0.05, 0.1) is 17.6 Å². The highest BCUT2D eigenvalue weighted by Gasteiger charge is 2.20. The SMILES string of the molecule is CCC(C)NC(=NCc1ccc([N+](=O)[O-])cc1)NC1CCC(O)CC1.I. The molecule has 146 valence electrons. The molecular weight excluding hydrogens is 447 g/mol. The number of guanidine groups is 1. The minimum atomic E-state index is -0.401. The van der Waals surface area contributed by atoms with E-state index in [-0.39, 0.29) is 35.8 Å². The molecule has 3 N–H and O–H groups in total. The number of hydrogen-bond donors (Lipinski definition) is 3. The lowest BCUT2D eigenvalue weighted by Crippen LogP contribution is -2.48. The van der Waals surface area contributed by atoms with E-state index in [1.807, 2.05) is 0 Å². The van der Waals surface area contributed by atoms with E-state index < -0.39 is 4.92 Å². The molecule has 1 atom stereocenters. The van der Waals surface area contributed by atoms with Crippen LogP contribution in [0.5, 0.6) is 0 Å². The van der Waals surface area contributed by atoms with Gasteiger partial charge in [-0.15, -0.1) is 24.0 Å². The zero-order chi connectivity index (χ0) is 18.2. The predicted molar refractivity (Wildman–Crippen MR) is 114 cm³/mol. The maximum Gasteiger partial charge on any atom is 0.269 e. The number of aliphatic imine (C=N–C) groups is 1. The molecule has 8 heteroatoms. The summed E-state index contributed by atoms with van der Waals surface area (Å²) in [6.07, 6.45) is 4.30. The minimum Gasteiger partial charge on any atom is -0.393 e. The van der Waals surface area contributed by atoms with Crippen LogP contribution in [-0.4, -0.2) is 34.2 Å². The van der Waals surface area contributed by atoms with E-state index in [9.17, 15) is 15.2 Å². The highest BCUT2D eigenvalue weighted by atomic mass is 127.